The zero-order valence-corrected chi connectivity index (χ0v) is 16.0. The van der Waals surface area contributed by atoms with Crippen molar-refractivity contribution in [3.63, 3.8) is 0 Å². The van der Waals surface area contributed by atoms with Crippen molar-refractivity contribution in [3.05, 3.63) is 63.0 Å². The van der Waals surface area contributed by atoms with Gasteiger partial charge in [0.05, 0.1) is 29.7 Å². The molecule has 1 fully saturated rings. The molecule has 1 aliphatic rings. The lowest BCUT2D eigenvalue weighted by Crippen LogP contribution is -2.27. The van der Waals surface area contributed by atoms with E-state index < -0.39 is 4.92 Å². The number of ether oxygens (including phenoxy) is 2. The number of thioether (sulfide) groups is 1. The summed E-state index contributed by atoms with van der Waals surface area (Å²) in [7, 11) is 2.92. The van der Waals surface area contributed by atoms with E-state index in [-0.39, 0.29) is 17.3 Å². The quantitative estimate of drug-likeness (QED) is 0.323. The van der Waals surface area contributed by atoms with Gasteiger partial charge in [0.1, 0.15) is 5.75 Å². The first-order chi connectivity index (χ1) is 12.9. The molecule has 138 valence electrons. The fraction of sp³-hybridized carbons (Fsp3) is 0.111. The second-order valence-electron chi connectivity index (χ2n) is 5.40. The number of nitrogens with zero attached hydrogens (tertiary/aromatic N) is 2. The lowest BCUT2D eigenvalue weighted by molar-refractivity contribution is -0.385. The number of carbonyl (C=O) groups is 1. The number of amides is 1. The number of nitro groups is 1. The Hall–Kier alpha value is -2.91. The average molecular weight is 402 g/mol. The summed E-state index contributed by atoms with van der Waals surface area (Å²) in [5.74, 6) is 0.543. The maximum Gasteiger partial charge on any atom is 0.311 e. The molecular weight excluding hydrogens is 388 g/mol. The number of thiocarbonyl (C=S) groups is 1. The fourth-order valence-corrected chi connectivity index (χ4v) is 3.81. The van der Waals surface area contributed by atoms with Gasteiger partial charge >= 0.3 is 5.69 Å². The van der Waals surface area contributed by atoms with Gasteiger partial charge in [-0.2, -0.15) is 0 Å². The van der Waals surface area contributed by atoms with E-state index >= 15 is 0 Å². The van der Waals surface area contributed by atoms with Crippen molar-refractivity contribution in [2.45, 2.75) is 0 Å². The molecule has 7 nitrogen and oxygen atoms in total. The van der Waals surface area contributed by atoms with Crippen LogP contribution in [0, 0.1) is 10.1 Å². The number of hydrogen-bond acceptors (Lipinski definition) is 7. The van der Waals surface area contributed by atoms with E-state index in [0.717, 1.165) is 11.8 Å². The van der Waals surface area contributed by atoms with Crippen LogP contribution < -0.4 is 14.4 Å². The van der Waals surface area contributed by atoms with Gasteiger partial charge in [-0.25, -0.2) is 0 Å². The summed E-state index contributed by atoms with van der Waals surface area (Å²) in [6.07, 6.45) is 1.58. The minimum Gasteiger partial charge on any atom is -0.497 e. The van der Waals surface area contributed by atoms with Crippen molar-refractivity contribution in [3.8, 4) is 11.5 Å². The topological polar surface area (TPSA) is 81.9 Å². The van der Waals surface area contributed by atoms with Crippen LogP contribution in [-0.4, -0.2) is 29.4 Å². The first-order valence-corrected chi connectivity index (χ1v) is 8.91. The summed E-state index contributed by atoms with van der Waals surface area (Å²) in [6.45, 7) is 0. The maximum atomic E-state index is 12.8. The normalized spacial score (nSPS) is 15.3. The van der Waals surface area contributed by atoms with Gasteiger partial charge in [-0.3, -0.25) is 19.8 Å². The Balaban J connectivity index is 1.92. The van der Waals surface area contributed by atoms with Crippen molar-refractivity contribution in [1.82, 2.24) is 0 Å². The highest BCUT2D eigenvalue weighted by molar-refractivity contribution is 8.27. The molecule has 0 aliphatic carbocycles. The number of anilines is 1. The van der Waals surface area contributed by atoms with E-state index in [1.54, 1.807) is 43.5 Å². The monoisotopic (exact) mass is 402 g/mol. The van der Waals surface area contributed by atoms with Crippen LogP contribution >= 0.6 is 24.0 Å². The predicted molar refractivity (Wildman–Crippen MR) is 108 cm³/mol. The number of nitro benzene ring substituents is 1. The lowest BCUT2D eigenvalue weighted by Gasteiger charge is -2.14. The Kier molecular flexibility index (Phi) is 5.43. The van der Waals surface area contributed by atoms with Crippen LogP contribution in [0.1, 0.15) is 5.56 Å². The largest absolute Gasteiger partial charge is 0.497 e. The van der Waals surface area contributed by atoms with E-state index in [1.165, 1.54) is 24.1 Å². The first kappa shape index (κ1) is 18.9. The summed E-state index contributed by atoms with van der Waals surface area (Å²) in [6, 6.07) is 11.5. The van der Waals surface area contributed by atoms with Gasteiger partial charge in [0, 0.05) is 6.07 Å². The molecule has 2 aromatic rings. The van der Waals surface area contributed by atoms with Crippen molar-refractivity contribution >= 4 is 51.7 Å². The highest BCUT2D eigenvalue weighted by atomic mass is 32.2. The third-order valence-corrected chi connectivity index (χ3v) is 5.12. The van der Waals surface area contributed by atoms with Crippen molar-refractivity contribution in [2.75, 3.05) is 19.1 Å². The van der Waals surface area contributed by atoms with Gasteiger partial charge in [-0.05, 0) is 42.0 Å². The number of methoxy groups -OCH3 is 2. The molecule has 1 amide bonds. The highest BCUT2D eigenvalue weighted by Crippen LogP contribution is 2.37. The Morgan fingerprint density at radius 1 is 1.15 bits per heavy atom. The Morgan fingerprint density at radius 2 is 1.85 bits per heavy atom. The summed E-state index contributed by atoms with van der Waals surface area (Å²) in [5.41, 5.74) is 0.969. The second kappa shape index (κ2) is 7.77. The Morgan fingerprint density at radius 3 is 2.44 bits per heavy atom. The van der Waals surface area contributed by atoms with Gasteiger partial charge in [-0.15, -0.1) is 0 Å². The fourth-order valence-electron chi connectivity index (χ4n) is 2.51. The number of rotatable bonds is 5. The Labute approximate surface area is 164 Å². The molecular formula is C18H14N2O5S2. The van der Waals surface area contributed by atoms with E-state index in [4.69, 9.17) is 21.7 Å². The minimum absolute atomic E-state index is 0.155. The molecule has 27 heavy (non-hydrogen) atoms. The highest BCUT2D eigenvalue weighted by Gasteiger charge is 2.33. The smallest absolute Gasteiger partial charge is 0.311 e. The van der Waals surface area contributed by atoms with E-state index in [2.05, 4.69) is 0 Å². The van der Waals surface area contributed by atoms with Crippen LogP contribution in [0.25, 0.3) is 6.08 Å². The summed E-state index contributed by atoms with van der Waals surface area (Å²) >= 11 is 6.47. The zero-order chi connectivity index (χ0) is 19.6. The maximum absolute atomic E-state index is 12.8. The van der Waals surface area contributed by atoms with Gasteiger partial charge in [0.2, 0.25) is 0 Å². The van der Waals surface area contributed by atoms with Crippen LogP contribution in [0.15, 0.2) is 47.4 Å². The molecule has 3 rings (SSSR count). The summed E-state index contributed by atoms with van der Waals surface area (Å²) < 4.78 is 10.5. The molecule has 0 aromatic heterocycles. The predicted octanol–water partition coefficient (Wildman–Crippen LogP) is 4.02. The summed E-state index contributed by atoms with van der Waals surface area (Å²) in [5, 5.41) is 11.2. The molecule has 0 N–H and O–H groups in total. The van der Waals surface area contributed by atoms with Gasteiger partial charge in [-0.1, -0.05) is 30.0 Å². The third kappa shape index (κ3) is 3.79. The van der Waals surface area contributed by atoms with E-state index in [1.807, 2.05) is 0 Å². The number of hydrogen-bond donors (Lipinski definition) is 0. The molecule has 0 atom stereocenters. The van der Waals surface area contributed by atoms with Crippen LogP contribution in [-0.2, 0) is 4.79 Å². The number of benzene rings is 2. The molecule has 1 aliphatic heterocycles. The lowest BCUT2D eigenvalue weighted by atomic mass is 10.1. The standard InChI is InChI=1S/C18H14N2O5S2/c1-24-13-6-4-12(5-7-13)19-17(21)16(27-18(19)26)10-11-3-8-15(25-2)14(9-11)20(22)23/h3-10H,1-2H3. The molecule has 0 bridgehead atoms. The molecule has 0 unspecified atom stereocenters. The number of carbonyl (C=O) groups excluding carboxylic acids is 1. The third-order valence-electron chi connectivity index (χ3n) is 3.82. The van der Waals surface area contributed by atoms with E-state index in [0.29, 0.717) is 26.2 Å². The van der Waals surface area contributed by atoms with Gasteiger partial charge < -0.3 is 9.47 Å². The molecule has 0 saturated carbocycles. The van der Waals surface area contributed by atoms with Crippen molar-refractivity contribution in [2.24, 2.45) is 0 Å². The molecule has 0 spiro atoms. The summed E-state index contributed by atoms with van der Waals surface area (Å²) in [4.78, 5) is 25.2. The van der Waals surface area contributed by atoms with Crippen LogP contribution in [0.3, 0.4) is 0 Å². The molecule has 1 saturated heterocycles. The van der Waals surface area contributed by atoms with Gasteiger partial charge in [0.25, 0.3) is 5.91 Å². The van der Waals surface area contributed by atoms with Gasteiger partial charge in [0.15, 0.2) is 10.1 Å². The zero-order valence-electron chi connectivity index (χ0n) is 14.4. The van der Waals surface area contributed by atoms with Crippen molar-refractivity contribution in [1.29, 1.82) is 0 Å². The Bertz CT molecular complexity index is 957. The SMILES string of the molecule is COc1ccc(N2C(=O)C(=Cc3ccc(OC)c([N+](=O)[O-])c3)SC2=S)cc1. The molecule has 0 radical (unpaired) electrons. The minimum atomic E-state index is -0.529. The molecule has 2 aromatic carbocycles. The van der Waals surface area contributed by atoms with Crippen molar-refractivity contribution < 1.29 is 19.2 Å². The molecule has 1 heterocycles. The first-order valence-electron chi connectivity index (χ1n) is 7.69. The van der Waals surface area contributed by atoms with Crippen LogP contribution in [0.4, 0.5) is 11.4 Å². The van der Waals surface area contributed by atoms with E-state index in [9.17, 15) is 14.9 Å². The second-order valence-corrected chi connectivity index (χ2v) is 7.08. The van der Waals surface area contributed by atoms with Crippen LogP contribution in [0.5, 0.6) is 11.5 Å². The molecule has 9 heteroatoms. The average Bonchev–Trinajstić information content (AvgIpc) is 2.95. The van der Waals surface area contributed by atoms with Crippen LogP contribution in [0.2, 0.25) is 0 Å².